The minimum atomic E-state index is 0.644. The van der Waals surface area contributed by atoms with Gasteiger partial charge in [-0.1, -0.05) is 318 Å². The fraction of sp³-hybridized carbons (Fsp3) is 1.00. The molecule has 0 spiro atoms. The van der Waals surface area contributed by atoms with E-state index in [0.29, 0.717) is 5.41 Å². The molecular weight excluding hydrogens is 709 g/mol. The van der Waals surface area contributed by atoms with Crippen molar-refractivity contribution in [1.82, 2.24) is 0 Å². The summed E-state index contributed by atoms with van der Waals surface area (Å²) in [7, 11) is 0. The maximum Gasteiger partial charge on any atom is -0.0264 e. The molecule has 0 heterocycles. The lowest BCUT2D eigenvalue weighted by Crippen LogP contribution is -2.33. The van der Waals surface area contributed by atoms with Crippen LogP contribution in [0.15, 0.2) is 0 Å². The van der Waals surface area contributed by atoms with Gasteiger partial charge < -0.3 is 0 Å². The highest BCUT2D eigenvalue weighted by atomic mass is 14.5. The first-order valence-corrected chi connectivity index (χ1v) is 29.1. The molecule has 0 nitrogen and oxygen atoms in total. The molecule has 0 amide bonds. The van der Waals surface area contributed by atoms with Gasteiger partial charge in [0, 0.05) is 0 Å². The van der Waals surface area contributed by atoms with Crippen LogP contribution in [-0.2, 0) is 0 Å². The van der Waals surface area contributed by atoms with Crippen molar-refractivity contribution in [2.75, 3.05) is 0 Å². The van der Waals surface area contributed by atoms with Crippen molar-refractivity contribution in [2.45, 2.75) is 350 Å². The van der Waals surface area contributed by atoms with Gasteiger partial charge in [-0.25, -0.2) is 0 Å². The van der Waals surface area contributed by atoms with Gasteiger partial charge in [0.1, 0.15) is 0 Å². The minimum absolute atomic E-state index is 0.644. The molecule has 0 radical (unpaired) electrons. The number of hydrogen-bond acceptors (Lipinski definition) is 0. The molecule has 1 atom stereocenters. The smallest absolute Gasteiger partial charge is 0.0264 e. The van der Waals surface area contributed by atoms with Crippen LogP contribution in [0, 0.1) is 29.1 Å². The third-order valence-corrected chi connectivity index (χ3v) is 15.9. The van der Waals surface area contributed by atoms with Gasteiger partial charge in [-0.05, 0) is 61.2 Å². The van der Waals surface area contributed by atoms with E-state index in [1.807, 2.05) is 0 Å². The van der Waals surface area contributed by atoms with Crippen LogP contribution in [0.5, 0.6) is 0 Å². The van der Waals surface area contributed by atoms with E-state index >= 15 is 0 Å². The van der Waals surface area contributed by atoms with E-state index < -0.39 is 0 Å². The first-order valence-electron chi connectivity index (χ1n) is 29.1. The van der Waals surface area contributed by atoms with Gasteiger partial charge in [-0.15, -0.1) is 0 Å². The van der Waals surface area contributed by atoms with Gasteiger partial charge in [0.05, 0.1) is 0 Å². The van der Waals surface area contributed by atoms with E-state index in [1.165, 1.54) is 231 Å². The van der Waals surface area contributed by atoms with Crippen LogP contribution in [0.25, 0.3) is 0 Å². The summed E-state index contributed by atoms with van der Waals surface area (Å²) in [5, 5.41) is 0. The summed E-state index contributed by atoms with van der Waals surface area (Å²) in [6, 6.07) is 0. The first-order chi connectivity index (χ1) is 29.1. The fourth-order valence-electron chi connectivity index (χ4n) is 12.1. The summed E-state index contributed by atoms with van der Waals surface area (Å²) in [5.41, 5.74) is 0.644. The number of hydrogen-bond donors (Lipinski definition) is 0. The topological polar surface area (TPSA) is 0 Å². The molecule has 1 fully saturated rings. The maximum atomic E-state index is 2.38. The van der Waals surface area contributed by atoms with Crippen LogP contribution >= 0.6 is 0 Å². The molecule has 0 saturated heterocycles. The van der Waals surface area contributed by atoms with Crippen molar-refractivity contribution in [1.29, 1.82) is 0 Å². The summed E-state index contributed by atoms with van der Waals surface area (Å²) < 4.78 is 0. The lowest BCUT2D eigenvalue weighted by atomic mass is 9.62. The van der Waals surface area contributed by atoms with Crippen molar-refractivity contribution in [3.8, 4) is 0 Å². The summed E-state index contributed by atoms with van der Waals surface area (Å²) in [4.78, 5) is 0. The Morgan fingerprint density at radius 2 is 0.542 bits per heavy atom. The minimum Gasteiger partial charge on any atom is -0.0654 e. The predicted molar refractivity (Wildman–Crippen MR) is 272 cm³/mol. The van der Waals surface area contributed by atoms with E-state index in [9.17, 15) is 0 Å². The molecule has 0 bridgehead atoms. The molecule has 1 aliphatic carbocycles. The standard InChI is InChI=1S/C59H118/c1-7-13-19-25-31-37-44-55(45-38-32-26-20-14-8-2)52-58-50-43-51-59(58,53-56(46-39-33-27-21-15-9-3)47-40-34-28-22-16-10-4)54-57(48-41-35-29-23-17-11-5)49-42-36-30-24-18-12-6/h55-58H,7-54H2,1-6H3. The Morgan fingerprint density at radius 1 is 0.305 bits per heavy atom. The number of rotatable bonds is 48. The quantitative estimate of drug-likeness (QED) is 0.0536. The molecule has 59 heavy (non-hydrogen) atoms. The first kappa shape index (κ1) is 57.0. The van der Waals surface area contributed by atoms with Crippen molar-refractivity contribution in [3.63, 3.8) is 0 Å². The molecule has 1 rings (SSSR count). The third kappa shape index (κ3) is 32.3. The average molecular weight is 828 g/mol. The second-order valence-corrected chi connectivity index (χ2v) is 21.5. The lowest BCUT2D eigenvalue weighted by Gasteiger charge is -2.43. The maximum absolute atomic E-state index is 2.38. The Morgan fingerprint density at radius 3 is 0.814 bits per heavy atom. The largest absolute Gasteiger partial charge is 0.0654 e. The Balaban J connectivity index is 3.36. The van der Waals surface area contributed by atoms with Crippen molar-refractivity contribution in [2.24, 2.45) is 29.1 Å². The predicted octanol–water partition coefficient (Wildman–Crippen LogP) is 22.3. The summed E-state index contributed by atoms with van der Waals surface area (Å²) in [6.45, 7) is 14.3. The second-order valence-electron chi connectivity index (χ2n) is 21.5. The fourth-order valence-corrected chi connectivity index (χ4v) is 12.1. The molecular formula is C59H118. The zero-order chi connectivity index (χ0) is 42.8. The Hall–Kier alpha value is 0. The zero-order valence-electron chi connectivity index (χ0n) is 42.8. The van der Waals surface area contributed by atoms with E-state index in [0.717, 1.165) is 23.7 Å². The van der Waals surface area contributed by atoms with Crippen molar-refractivity contribution in [3.05, 3.63) is 0 Å². The summed E-state index contributed by atoms with van der Waals surface area (Å²) in [5.74, 6) is 4.00. The Kier molecular flexibility index (Phi) is 41.8. The SMILES string of the molecule is CCCCCCCCC(CCCCCCCC)CC1CCCC1(CC(CCCCCCCC)CCCCCCCC)CC(CCCCCCCC)CCCCCCCC. The zero-order valence-corrected chi connectivity index (χ0v) is 42.8. The van der Waals surface area contributed by atoms with E-state index in [4.69, 9.17) is 0 Å². The molecule has 0 N–H and O–H groups in total. The molecule has 0 heteroatoms. The number of unbranched alkanes of at least 4 members (excludes halogenated alkanes) is 30. The highest BCUT2D eigenvalue weighted by molar-refractivity contribution is 4.96. The van der Waals surface area contributed by atoms with Crippen molar-refractivity contribution >= 4 is 0 Å². The van der Waals surface area contributed by atoms with Crippen LogP contribution in [0.2, 0.25) is 0 Å². The molecule has 354 valence electrons. The molecule has 0 aromatic carbocycles. The van der Waals surface area contributed by atoms with Crippen LogP contribution in [0.3, 0.4) is 0 Å². The lowest BCUT2D eigenvalue weighted by molar-refractivity contribution is 0.0743. The van der Waals surface area contributed by atoms with Gasteiger partial charge in [0.25, 0.3) is 0 Å². The van der Waals surface area contributed by atoms with Crippen LogP contribution in [0.1, 0.15) is 350 Å². The molecule has 1 unspecified atom stereocenters. The molecule has 1 aliphatic rings. The third-order valence-electron chi connectivity index (χ3n) is 15.9. The highest BCUT2D eigenvalue weighted by Gasteiger charge is 2.45. The van der Waals surface area contributed by atoms with Gasteiger partial charge in [0.2, 0.25) is 0 Å². The second kappa shape index (κ2) is 43.3. The highest BCUT2D eigenvalue weighted by Crippen LogP contribution is 2.56. The van der Waals surface area contributed by atoms with Gasteiger partial charge >= 0.3 is 0 Å². The van der Waals surface area contributed by atoms with Gasteiger partial charge in [-0.3, -0.25) is 0 Å². The molecule has 0 aromatic rings. The molecule has 0 aliphatic heterocycles. The van der Waals surface area contributed by atoms with Crippen LogP contribution in [0.4, 0.5) is 0 Å². The van der Waals surface area contributed by atoms with Gasteiger partial charge in [-0.2, -0.15) is 0 Å². The van der Waals surface area contributed by atoms with E-state index in [-0.39, 0.29) is 0 Å². The van der Waals surface area contributed by atoms with Crippen molar-refractivity contribution < 1.29 is 0 Å². The normalized spacial score (nSPS) is 15.5. The van der Waals surface area contributed by atoms with E-state index in [2.05, 4.69) is 41.5 Å². The monoisotopic (exact) mass is 827 g/mol. The average Bonchev–Trinajstić information content (AvgIpc) is 3.62. The molecule has 0 aromatic heterocycles. The van der Waals surface area contributed by atoms with E-state index in [1.54, 1.807) is 77.0 Å². The summed E-state index contributed by atoms with van der Waals surface area (Å²) >= 11 is 0. The Labute approximate surface area is 377 Å². The van der Waals surface area contributed by atoms with Crippen LogP contribution in [-0.4, -0.2) is 0 Å². The van der Waals surface area contributed by atoms with Gasteiger partial charge in [0.15, 0.2) is 0 Å². The Bertz CT molecular complexity index is 710. The molecule has 1 saturated carbocycles. The summed E-state index contributed by atoms with van der Waals surface area (Å²) in [6.07, 6.45) is 71.7. The van der Waals surface area contributed by atoms with Crippen LogP contribution < -0.4 is 0 Å².